The lowest BCUT2D eigenvalue weighted by Crippen LogP contribution is -2.25. The van der Waals surface area contributed by atoms with Gasteiger partial charge < -0.3 is 53.4 Å². The van der Waals surface area contributed by atoms with Gasteiger partial charge in [0.25, 0.3) is 17.7 Å². The van der Waals surface area contributed by atoms with E-state index >= 15 is 0 Å². The van der Waals surface area contributed by atoms with Gasteiger partial charge in [-0.25, -0.2) is 32.5 Å². The minimum atomic E-state index is -4.76. The summed E-state index contributed by atoms with van der Waals surface area (Å²) < 4.78 is 175. The lowest BCUT2D eigenvalue weighted by atomic mass is 10.1. The van der Waals surface area contributed by atoms with Crippen LogP contribution in [0.1, 0.15) is 70.4 Å². The van der Waals surface area contributed by atoms with Crippen LogP contribution in [-0.2, 0) is 28.1 Å². The average molecular weight is 1320 g/mol. The van der Waals surface area contributed by atoms with Crippen LogP contribution in [0, 0.1) is 37.2 Å². The average Bonchev–Trinajstić information content (AvgIpc) is 1.23. The summed E-state index contributed by atoms with van der Waals surface area (Å²) in [7, 11) is 4.45. The number of nitrogens with one attached hydrogen (secondary N) is 7. The summed E-state index contributed by atoms with van der Waals surface area (Å²) in [6, 6.07) is 18.8. The molecule has 0 spiro atoms. The highest BCUT2D eigenvalue weighted by Gasteiger charge is 2.36. The van der Waals surface area contributed by atoms with Crippen molar-refractivity contribution in [3.63, 3.8) is 0 Å². The number of benzene rings is 6. The number of carbonyl (C=O) groups excluding carboxylic acids is 5. The van der Waals surface area contributed by atoms with E-state index in [9.17, 15) is 81.0 Å². The zero-order chi connectivity index (χ0) is 69.1. The van der Waals surface area contributed by atoms with Gasteiger partial charge in [0, 0.05) is 55.3 Å². The van der Waals surface area contributed by atoms with Gasteiger partial charge in [-0.05, 0) is 117 Å². The summed E-state index contributed by atoms with van der Waals surface area (Å²) in [5.74, 6) is -4.38. The Bertz CT molecular complexity index is 3510. The molecule has 18 nitrogen and oxygen atoms in total. The fourth-order valence-electron chi connectivity index (χ4n) is 6.26. The Labute approximate surface area is 518 Å². The molecule has 0 radical (unpaired) electrons. The highest BCUT2D eigenvalue weighted by atomic mass is 35.5. The fourth-order valence-corrected chi connectivity index (χ4v) is 6.57. The molecule has 0 bridgehead atoms. The van der Waals surface area contributed by atoms with E-state index in [2.05, 4.69) is 56.5 Å². The molecule has 482 valence electrons. The molecule has 6 aromatic carbocycles. The normalized spacial score (nSPS) is 10.4. The number of methoxy groups -OCH3 is 1. The number of alkyl halides is 11. The van der Waals surface area contributed by atoms with Crippen LogP contribution in [0.3, 0.4) is 0 Å². The Morgan fingerprint density at radius 1 is 0.522 bits per heavy atom. The third-order valence-corrected chi connectivity index (χ3v) is 10.7. The zero-order valence-electron chi connectivity index (χ0n) is 47.7. The van der Waals surface area contributed by atoms with Gasteiger partial charge in [0.1, 0.15) is 22.3 Å². The first-order chi connectivity index (χ1) is 41.8. The quantitative estimate of drug-likeness (QED) is 0.0173. The van der Waals surface area contributed by atoms with Gasteiger partial charge in [0.2, 0.25) is 0 Å². The number of anilines is 6. The van der Waals surface area contributed by atoms with E-state index in [1.807, 2.05) is 0 Å². The monoisotopic (exact) mass is 1320 g/mol. The SMILES string of the molecule is C.CNC(=O)c1ccc(N)cc1F.COC(=O)C(C)(C)Cl.[2H]CF.[C-]#[N+]c1ccc(N)cc1C(F)(F)F.[C-]#[N+]c1ccc(NC(=O)Nc2ccc(C(=O)NC)c(F)c2)cc1C(F)(F)F.[C-]#[N+]c1ccc(NC(=S)Nc2ccc(C(=O)NC)c(F)c2)cc1C(F)(F)F. The molecule has 0 unspecified atom stereocenters. The maximum Gasteiger partial charge on any atom is 0.407 e. The Kier molecular flexibility index (Phi) is 31.1. The molecular weight excluding hydrogens is 1260 g/mol. The Morgan fingerprint density at radius 3 is 1.10 bits per heavy atom. The lowest BCUT2D eigenvalue weighted by Gasteiger charge is -2.14. The number of esters is 1. The van der Waals surface area contributed by atoms with Gasteiger partial charge in [0.05, 0.1) is 68.7 Å². The standard InChI is InChI=1S/C17H12F4N4O2.C17H12F4N4OS.C8H5F3N2.C8H9FN2O.C5H9ClO2.CH3F.CH4/c2*1-22-14-6-4-9(7-12(14)17(19,20)21)24-16(27)25-10-3-5-11(13(18)8-10)15(26)23-2;1-13-7-3-2-5(12)4-6(7)8(9,10)11;1-11-8(12)6-3-2-5(10)4-7(6)9;1-5(2,6)4(7)8-3;1-2;/h2*3-8H,2H3,(H,23,26)(H2,24,25,27);2-4H,12H2;2-4H,10H2,1H3,(H,11,12);1-3H3;1H3;1H4/i;;;;;1D;. The second kappa shape index (κ2) is 36.0. The van der Waals surface area contributed by atoms with Crippen molar-refractivity contribution in [3.8, 4) is 0 Å². The van der Waals surface area contributed by atoms with Gasteiger partial charge >= 0.3 is 30.5 Å². The number of carbonyl (C=O) groups is 5. The van der Waals surface area contributed by atoms with Crippen LogP contribution < -0.4 is 48.7 Å². The van der Waals surface area contributed by atoms with Crippen molar-refractivity contribution >= 4 is 110 Å². The molecule has 0 aromatic heterocycles. The topological polar surface area (TPSA) is 244 Å². The minimum Gasteiger partial charge on any atom is -0.468 e. The number of amides is 5. The van der Waals surface area contributed by atoms with E-state index in [0.29, 0.717) is 11.8 Å². The largest absolute Gasteiger partial charge is 0.468 e. The summed E-state index contributed by atoms with van der Waals surface area (Å²) >= 11 is 10.5. The third kappa shape index (κ3) is 25.5. The number of nitrogens with two attached hydrogens (primary N) is 2. The first kappa shape index (κ1) is 77.6. The number of urea groups is 1. The van der Waals surface area contributed by atoms with E-state index in [0.717, 1.165) is 60.7 Å². The Hall–Kier alpha value is -10.4. The summed E-state index contributed by atoms with van der Waals surface area (Å²) in [4.78, 5) is 63.7. The maximum atomic E-state index is 13.9. The van der Waals surface area contributed by atoms with Crippen LogP contribution in [0.5, 0.6) is 0 Å². The predicted octanol–water partition coefficient (Wildman–Crippen LogP) is 15.0. The number of hydrogen-bond donors (Lipinski definition) is 9. The first-order valence-corrected chi connectivity index (χ1v) is 24.7. The molecule has 0 atom stereocenters. The van der Waals surface area contributed by atoms with Crippen molar-refractivity contribution in [2.24, 2.45) is 0 Å². The second-order valence-electron chi connectivity index (χ2n) is 17.1. The summed E-state index contributed by atoms with van der Waals surface area (Å²) in [6.45, 7) is 23.3. The lowest BCUT2D eigenvalue weighted by molar-refractivity contribution is -0.143. The molecule has 0 aliphatic rings. The van der Waals surface area contributed by atoms with Gasteiger partial charge in [-0.1, -0.05) is 25.6 Å². The number of nitrogens with zero attached hydrogens (tertiary/aromatic N) is 3. The van der Waals surface area contributed by atoms with Crippen molar-refractivity contribution < 1.29 is 87.2 Å². The highest BCUT2D eigenvalue weighted by Crippen LogP contribution is 2.40. The van der Waals surface area contributed by atoms with Crippen LogP contribution in [0.4, 0.5) is 113 Å². The van der Waals surface area contributed by atoms with Crippen LogP contribution in [0.2, 0.25) is 0 Å². The number of halogens is 14. The van der Waals surface area contributed by atoms with Crippen molar-refractivity contribution in [2.75, 3.05) is 68.1 Å². The summed E-state index contributed by atoms with van der Waals surface area (Å²) in [5, 5.41) is 16.3. The summed E-state index contributed by atoms with van der Waals surface area (Å²) in [6.07, 6.45) is -14.0. The number of nitrogen functional groups attached to an aromatic ring is 2. The van der Waals surface area contributed by atoms with Gasteiger partial charge in [-0.15, -0.1) is 11.6 Å². The molecular formula is C57H54ClF13N12O6S. The molecule has 6 rings (SSSR count). The van der Waals surface area contributed by atoms with Crippen molar-refractivity contribution in [3.05, 3.63) is 194 Å². The molecule has 90 heavy (non-hydrogen) atoms. The van der Waals surface area contributed by atoms with E-state index in [1.54, 1.807) is 13.8 Å². The molecule has 0 fully saturated rings. The van der Waals surface area contributed by atoms with E-state index in [1.165, 1.54) is 70.7 Å². The zero-order valence-corrected chi connectivity index (χ0v) is 48.3. The number of hydrogen-bond acceptors (Lipinski definition) is 9. The van der Waals surface area contributed by atoms with Crippen molar-refractivity contribution in [2.45, 2.75) is 44.7 Å². The third-order valence-electron chi connectivity index (χ3n) is 10.3. The predicted molar refractivity (Wildman–Crippen MR) is 320 cm³/mol. The van der Waals surface area contributed by atoms with Gasteiger partial charge in [-0.3, -0.25) is 23.6 Å². The summed E-state index contributed by atoms with van der Waals surface area (Å²) in [5.41, 5.74) is 5.58. The molecule has 0 saturated heterocycles. The molecule has 6 aromatic rings. The molecule has 0 aliphatic heterocycles. The Morgan fingerprint density at radius 2 is 0.800 bits per heavy atom. The number of ether oxygens (including phenoxy) is 1. The number of rotatable bonds is 8. The molecule has 0 heterocycles. The van der Waals surface area contributed by atoms with Crippen LogP contribution >= 0.6 is 23.8 Å². The highest BCUT2D eigenvalue weighted by molar-refractivity contribution is 7.80. The van der Waals surface area contributed by atoms with Crippen LogP contribution in [0.15, 0.2) is 109 Å². The molecule has 11 N–H and O–H groups in total. The molecule has 33 heteroatoms. The van der Waals surface area contributed by atoms with Crippen LogP contribution in [0.25, 0.3) is 14.5 Å². The molecule has 0 aliphatic carbocycles. The number of thiocarbonyl (C=S) groups is 1. The minimum absolute atomic E-state index is 0. The van der Waals surface area contributed by atoms with Crippen molar-refractivity contribution in [1.82, 2.24) is 16.0 Å². The van der Waals surface area contributed by atoms with E-state index in [-0.39, 0.29) is 57.7 Å². The van der Waals surface area contributed by atoms with Crippen LogP contribution in [-0.4, -0.2) is 75.1 Å². The molecule has 5 amide bonds. The Balaban J connectivity index is 0.00000117. The van der Waals surface area contributed by atoms with E-state index < -0.39 is 111 Å². The van der Waals surface area contributed by atoms with E-state index in [4.69, 9.17) is 56.4 Å². The van der Waals surface area contributed by atoms with Gasteiger partial charge in [-0.2, -0.15) is 39.5 Å². The molecule has 0 saturated carbocycles. The maximum absolute atomic E-state index is 13.9. The van der Waals surface area contributed by atoms with Gasteiger partial charge in [0.15, 0.2) is 22.2 Å². The van der Waals surface area contributed by atoms with Crippen molar-refractivity contribution in [1.29, 1.82) is 0 Å². The fraction of sp³-hybridized carbons (Fsp3) is 0.211. The smallest absolute Gasteiger partial charge is 0.407 e. The second-order valence-corrected chi connectivity index (χ2v) is 18.4. The first-order valence-electron chi connectivity index (χ1n) is 24.6.